The van der Waals surface area contributed by atoms with Gasteiger partial charge in [-0.2, -0.15) is 0 Å². The maximum Gasteiger partial charge on any atom is 0.191 e. The van der Waals surface area contributed by atoms with E-state index in [1.165, 1.54) is 12.0 Å². The lowest BCUT2D eigenvalue weighted by Crippen LogP contribution is -2.47. The third-order valence-electron chi connectivity index (χ3n) is 5.41. The summed E-state index contributed by atoms with van der Waals surface area (Å²) in [6.07, 6.45) is 2.57. The molecular formula is C24H41N3O3. The van der Waals surface area contributed by atoms with Gasteiger partial charge in [-0.15, -0.1) is 0 Å². The maximum atomic E-state index is 6.10. The van der Waals surface area contributed by atoms with Gasteiger partial charge in [-0.1, -0.05) is 32.9 Å². The minimum absolute atomic E-state index is 0.138. The largest absolute Gasteiger partial charge is 0.491 e. The summed E-state index contributed by atoms with van der Waals surface area (Å²) < 4.78 is 17.4. The average Bonchev–Trinajstić information content (AvgIpc) is 2.72. The van der Waals surface area contributed by atoms with E-state index < -0.39 is 0 Å². The van der Waals surface area contributed by atoms with Gasteiger partial charge in [0.05, 0.1) is 12.7 Å². The first kappa shape index (κ1) is 24.5. The summed E-state index contributed by atoms with van der Waals surface area (Å²) in [6, 6.07) is 6.29. The molecule has 1 aliphatic heterocycles. The summed E-state index contributed by atoms with van der Waals surface area (Å²) in [4.78, 5) is 4.40. The lowest BCUT2D eigenvalue weighted by atomic mass is 9.78. The first-order valence-electron chi connectivity index (χ1n) is 11.2. The van der Waals surface area contributed by atoms with E-state index >= 15 is 0 Å². The molecule has 1 heterocycles. The van der Waals surface area contributed by atoms with Crippen LogP contribution in [0.15, 0.2) is 23.2 Å². The number of aryl methyl sites for hydroxylation is 1. The molecule has 1 aromatic carbocycles. The van der Waals surface area contributed by atoms with Crippen LogP contribution in [0.2, 0.25) is 0 Å². The fraction of sp³-hybridized carbons (Fsp3) is 0.708. The van der Waals surface area contributed by atoms with E-state index in [1.807, 2.05) is 14.0 Å². The van der Waals surface area contributed by atoms with Crippen LogP contribution in [0.3, 0.4) is 0 Å². The van der Waals surface area contributed by atoms with Crippen molar-refractivity contribution < 1.29 is 14.2 Å². The highest BCUT2D eigenvalue weighted by molar-refractivity contribution is 5.79. The van der Waals surface area contributed by atoms with Crippen molar-refractivity contribution in [1.29, 1.82) is 0 Å². The van der Waals surface area contributed by atoms with E-state index in [0.717, 1.165) is 36.8 Å². The number of benzene rings is 1. The number of aliphatic imine (C=N–C) groups is 1. The van der Waals surface area contributed by atoms with Gasteiger partial charge in [0.15, 0.2) is 5.96 Å². The zero-order chi connectivity index (χ0) is 22.0. The monoisotopic (exact) mass is 419 g/mol. The van der Waals surface area contributed by atoms with Crippen LogP contribution in [0.4, 0.5) is 0 Å². The van der Waals surface area contributed by atoms with Crippen molar-refractivity contribution in [2.45, 2.75) is 60.1 Å². The van der Waals surface area contributed by atoms with Crippen molar-refractivity contribution in [3.05, 3.63) is 29.3 Å². The highest BCUT2D eigenvalue weighted by Crippen LogP contribution is 2.33. The van der Waals surface area contributed by atoms with Crippen LogP contribution >= 0.6 is 0 Å². The standard InChI is InChI=1S/C24H41N3O3/c1-7-28-13-14-29-21-15-18(2)10-11-19(21)16-26-23(25-6)27-17-20-9-8-12-30-22(20)24(3,4)5/h10-11,15,20,22H,7-9,12-14,16-17H2,1-6H3,(H2,25,26,27). The van der Waals surface area contributed by atoms with Crippen molar-refractivity contribution in [1.82, 2.24) is 10.6 Å². The molecule has 0 radical (unpaired) electrons. The Labute approximate surface area is 182 Å². The fourth-order valence-electron chi connectivity index (χ4n) is 3.93. The molecule has 1 aliphatic rings. The number of hydrogen-bond acceptors (Lipinski definition) is 4. The molecular weight excluding hydrogens is 378 g/mol. The molecule has 6 nitrogen and oxygen atoms in total. The van der Waals surface area contributed by atoms with Gasteiger partial charge in [-0.3, -0.25) is 4.99 Å². The zero-order valence-electron chi connectivity index (χ0n) is 19.7. The molecule has 2 rings (SSSR count). The number of guanidine groups is 1. The number of nitrogens with one attached hydrogen (secondary N) is 2. The van der Waals surface area contributed by atoms with Crippen LogP contribution in [0.5, 0.6) is 5.75 Å². The Bertz CT molecular complexity index is 670. The van der Waals surface area contributed by atoms with Gasteiger partial charge in [0.25, 0.3) is 0 Å². The van der Waals surface area contributed by atoms with Crippen molar-refractivity contribution in [3.8, 4) is 5.75 Å². The molecule has 1 aromatic rings. The van der Waals surface area contributed by atoms with Crippen molar-refractivity contribution in [2.24, 2.45) is 16.3 Å². The maximum absolute atomic E-state index is 6.10. The van der Waals surface area contributed by atoms with E-state index in [2.05, 4.69) is 61.5 Å². The molecule has 0 amide bonds. The molecule has 0 bridgehead atoms. The molecule has 6 heteroatoms. The topological polar surface area (TPSA) is 64.1 Å². The third kappa shape index (κ3) is 7.80. The third-order valence-corrected chi connectivity index (χ3v) is 5.41. The summed E-state index contributed by atoms with van der Waals surface area (Å²) >= 11 is 0. The Morgan fingerprint density at radius 2 is 2.03 bits per heavy atom. The minimum Gasteiger partial charge on any atom is -0.491 e. The summed E-state index contributed by atoms with van der Waals surface area (Å²) in [5.41, 5.74) is 2.42. The summed E-state index contributed by atoms with van der Waals surface area (Å²) in [7, 11) is 1.81. The Hall–Kier alpha value is -1.79. The van der Waals surface area contributed by atoms with Crippen LogP contribution in [0.1, 0.15) is 51.7 Å². The Kier molecular flexibility index (Phi) is 9.92. The highest BCUT2D eigenvalue weighted by Gasteiger charge is 2.35. The van der Waals surface area contributed by atoms with Crippen LogP contribution < -0.4 is 15.4 Å². The van der Waals surface area contributed by atoms with Gasteiger partial charge in [-0.25, -0.2) is 0 Å². The molecule has 2 atom stereocenters. The Morgan fingerprint density at radius 3 is 2.73 bits per heavy atom. The van der Waals surface area contributed by atoms with Crippen molar-refractivity contribution in [2.75, 3.05) is 40.0 Å². The molecule has 1 fully saturated rings. The first-order valence-corrected chi connectivity index (χ1v) is 11.2. The Morgan fingerprint density at radius 1 is 1.23 bits per heavy atom. The van der Waals surface area contributed by atoms with Gasteiger partial charge in [-0.05, 0) is 43.7 Å². The molecule has 0 aliphatic carbocycles. The Balaban J connectivity index is 1.91. The summed E-state index contributed by atoms with van der Waals surface area (Å²) in [5.74, 6) is 2.18. The predicted molar refractivity (Wildman–Crippen MR) is 123 cm³/mol. The quantitative estimate of drug-likeness (QED) is 0.361. The highest BCUT2D eigenvalue weighted by atomic mass is 16.5. The fourth-order valence-corrected chi connectivity index (χ4v) is 3.93. The van der Waals surface area contributed by atoms with Gasteiger partial charge in [0.2, 0.25) is 0 Å². The smallest absolute Gasteiger partial charge is 0.191 e. The van der Waals surface area contributed by atoms with E-state index in [1.54, 1.807) is 0 Å². The molecule has 2 N–H and O–H groups in total. The molecule has 0 spiro atoms. The molecule has 1 saturated heterocycles. The average molecular weight is 420 g/mol. The summed E-state index contributed by atoms with van der Waals surface area (Å²) in [6.45, 7) is 15.1. The molecule has 0 saturated carbocycles. The number of rotatable bonds is 9. The van der Waals surface area contributed by atoms with Gasteiger partial charge >= 0.3 is 0 Å². The van der Waals surface area contributed by atoms with Crippen LogP contribution in [0.25, 0.3) is 0 Å². The second kappa shape index (κ2) is 12.2. The number of ether oxygens (including phenoxy) is 3. The molecule has 170 valence electrons. The second-order valence-corrected chi connectivity index (χ2v) is 9.02. The van der Waals surface area contributed by atoms with Crippen LogP contribution in [0, 0.1) is 18.3 Å². The molecule has 30 heavy (non-hydrogen) atoms. The minimum atomic E-state index is 0.138. The van der Waals surface area contributed by atoms with E-state index in [0.29, 0.717) is 32.3 Å². The van der Waals surface area contributed by atoms with Crippen molar-refractivity contribution >= 4 is 5.96 Å². The van der Waals surface area contributed by atoms with E-state index in [-0.39, 0.29) is 11.5 Å². The van der Waals surface area contributed by atoms with Crippen LogP contribution in [-0.2, 0) is 16.0 Å². The summed E-state index contributed by atoms with van der Waals surface area (Å²) in [5, 5.41) is 6.93. The van der Waals surface area contributed by atoms with Crippen molar-refractivity contribution in [3.63, 3.8) is 0 Å². The molecule has 2 unspecified atom stereocenters. The van der Waals surface area contributed by atoms with E-state index in [9.17, 15) is 0 Å². The first-order chi connectivity index (χ1) is 14.3. The van der Waals surface area contributed by atoms with E-state index in [4.69, 9.17) is 14.2 Å². The lowest BCUT2D eigenvalue weighted by Gasteiger charge is -2.40. The lowest BCUT2D eigenvalue weighted by molar-refractivity contribution is -0.0835. The van der Waals surface area contributed by atoms with Crippen LogP contribution in [-0.4, -0.2) is 52.1 Å². The zero-order valence-corrected chi connectivity index (χ0v) is 19.7. The molecule has 0 aromatic heterocycles. The van der Waals surface area contributed by atoms with Gasteiger partial charge in [0.1, 0.15) is 12.4 Å². The number of hydrogen-bond donors (Lipinski definition) is 2. The number of nitrogens with zero attached hydrogens (tertiary/aromatic N) is 1. The predicted octanol–water partition coefficient (Wildman–Crippen LogP) is 3.92. The SMILES string of the molecule is CCOCCOc1cc(C)ccc1CNC(=NC)NCC1CCCOC1C(C)(C)C. The normalized spacial score (nSPS) is 20.1. The second-order valence-electron chi connectivity index (χ2n) is 9.02. The van der Waals surface area contributed by atoms with Gasteiger partial charge < -0.3 is 24.8 Å². The van der Waals surface area contributed by atoms with Gasteiger partial charge in [0, 0.05) is 44.8 Å².